The average Bonchev–Trinajstić information content (AvgIpc) is 2.87. The third-order valence-corrected chi connectivity index (χ3v) is 2.94. The van der Waals surface area contributed by atoms with Crippen molar-refractivity contribution in [3.63, 3.8) is 0 Å². The summed E-state index contributed by atoms with van der Waals surface area (Å²) in [6.07, 6.45) is 1.90. The zero-order valence-corrected chi connectivity index (χ0v) is 10.4. The number of pyridine rings is 1. The van der Waals surface area contributed by atoms with Crippen molar-refractivity contribution in [3.05, 3.63) is 53.9 Å². The first-order valence-electron chi connectivity index (χ1n) is 5.98. The van der Waals surface area contributed by atoms with Crippen molar-refractivity contribution in [2.75, 3.05) is 5.32 Å². The molecule has 0 aliphatic heterocycles. The molecule has 4 nitrogen and oxygen atoms in total. The molecule has 0 amide bonds. The fraction of sp³-hybridized carbons (Fsp3) is 0.0667. The van der Waals surface area contributed by atoms with Crippen molar-refractivity contribution in [3.8, 4) is 6.07 Å². The second-order valence-electron chi connectivity index (χ2n) is 4.36. The summed E-state index contributed by atoms with van der Waals surface area (Å²) in [7, 11) is 0. The van der Waals surface area contributed by atoms with Crippen LogP contribution in [0.3, 0.4) is 0 Å². The van der Waals surface area contributed by atoms with Gasteiger partial charge in [0.2, 0.25) is 0 Å². The molecule has 19 heavy (non-hydrogen) atoms. The van der Waals surface area contributed by atoms with Crippen LogP contribution in [0.25, 0.3) is 10.9 Å². The van der Waals surface area contributed by atoms with Gasteiger partial charge in [-0.1, -0.05) is 6.07 Å². The number of nitrogens with zero attached hydrogens (tertiary/aromatic N) is 2. The van der Waals surface area contributed by atoms with Crippen LogP contribution in [0, 0.1) is 18.3 Å². The van der Waals surface area contributed by atoms with E-state index in [1.54, 1.807) is 12.1 Å². The second kappa shape index (κ2) is 4.46. The fourth-order valence-electron chi connectivity index (χ4n) is 2.13. The molecule has 0 bridgehead atoms. The number of aromatic nitrogens is 2. The first-order chi connectivity index (χ1) is 9.26. The van der Waals surface area contributed by atoms with Crippen molar-refractivity contribution in [1.29, 1.82) is 5.26 Å². The molecule has 3 rings (SSSR count). The van der Waals surface area contributed by atoms with Gasteiger partial charge in [0, 0.05) is 28.5 Å². The number of anilines is 2. The molecule has 92 valence electrons. The van der Waals surface area contributed by atoms with Gasteiger partial charge in [0.1, 0.15) is 5.82 Å². The maximum Gasteiger partial charge on any atom is 0.131 e. The summed E-state index contributed by atoms with van der Waals surface area (Å²) in [6.45, 7) is 1.88. The molecule has 0 radical (unpaired) electrons. The highest BCUT2D eigenvalue weighted by molar-refractivity contribution is 5.93. The lowest BCUT2D eigenvalue weighted by atomic mass is 10.2. The van der Waals surface area contributed by atoms with E-state index in [-0.39, 0.29) is 0 Å². The molecule has 2 heterocycles. The van der Waals surface area contributed by atoms with Crippen LogP contribution in [0.15, 0.2) is 42.6 Å². The van der Waals surface area contributed by atoms with Gasteiger partial charge in [0.05, 0.1) is 11.6 Å². The van der Waals surface area contributed by atoms with E-state index < -0.39 is 0 Å². The lowest BCUT2D eigenvalue weighted by Gasteiger charge is -2.08. The van der Waals surface area contributed by atoms with Gasteiger partial charge in [-0.05, 0) is 37.3 Å². The zero-order valence-electron chi connectivity index (χ0n) is 10.4. The predicted molar refractivity (Wildman–Crippen MR) is 75.3 cm³/mol. The lowest BCUT2D eigenvalue weighted by Crippen LogP contribution is -1.96. The van der Waals surface area contributed by atoms with Gasteiger partial charge < -0.3 is 10.3 Å². The van der Waals surface area contributed by atoms with E-state index in [0.717, 1.165) is 22.3 Å². The van der Waals surface area contributed by atoms with Crippen LogP contribution in [0.1, 0.15) is 11.3 Å². The van der Waals surface area contributed by atoms with Crippen molar-refractivity contribution < 1.29 is 0 Å². The quantitative estimate of drug-likeness (QED) is 0.729. The Kier molecular flexibility index (Phi) is 2.66. The summed E-state index contributed by atoms with van der Waals surface area (Å²) >= 11 is 0. The smallest absolute Gasteiger partial charge is 0.131 e. The van der Waals surface area contributed by atoms with E-state index in [9.17, 15) is 0 Å². The highest BCUT2D eigenvalue weighted by Crippen LogP contribution is 2.25. The van der Waals surface area contributed by atoms with Gasteiger partial charge in [0.25, 0.3) is 0 Å². The summed E-state index contributed by atoms with van der Waals surface area (Å²) in [4.78, 5) is 7.56. The SMILES string of the molecule is Cc1cc(C#N)cc(Nc2cccc3[nH]ccc23)n1. The summed E-state index contributed by atoms with van der Waals surface area (Å²) in [5.74, 6) is 0.685. The second-order valence-corrected chi connectivity index (χ2v) is 4.36. The van der Waals surface area contributed by atoms with E-state index in [1.807, 2.05) is 37.4 Å². The summed E-state index contributed by atoms with van der Waals surface area (Å²) in [5.41, 5.74) is 3.47. The minimum Gasteiger partial charge on any atom is -0.361 e. The minimum atomic E-state index is 0.608. The summed E-state index contributed by atoms with van der Waals surface area (Å²) < 4.78 is 0. The van der Waals surface area contributed by atoms with Gasteiger partial charge in [0.15, 0.2) is 0 Å². The number of aryl methyl sites for hydroxylation is 1. The highest BCUT2D eigenvalue weighted by Gasteiger charge is 2.04. The Bertz CT molecular complexity index is 780. The Labute approximate surface area is 110 Å². The van der Waals surface area contributed by atoms with Crippen LogP contribution in [-0.2, 0) is 0 Å². The number of hydrogen-bond acceptors (Lipinski definition) is 3. The Hall–Kier alpha value is -2.80. The lowest BCUT2D eigenvalue weighted by molar-refractivity contribution is 1.19. The molecule has 0 atom stereocenters. The van der Waals surface area contributed by atoms with E-state index >= 15 is 0 Å². The van der Waals surface area contributed by atoms with E-state index in [4.69, 9.17) is 5.26 Å². The Morgan fingerprint density at radius 2 is 2.16 bits per heavy atom. The van der Waals surface area contributed by atoms with Crippen LogP contribution < -0.4 is 5.32 Å². The van der Waals surface area contributed by atoms with E-state index in [2.05, 4.69) is 21.4 Å². The number of fused-ring (bicyclic) bond motifs is 1. The maximum absolute atomic E-state index is 8.98. The average molecular weight is 248 g/mol. The van der Waals surface area contributed by atoms with Crippen molar-refractivity contribution in [2.45, 2.75) is 6.92 Å². The molecule has 0 fully saturated rings. The maximum atomic E-state index is 8.98. The van der Waals surface area contributed by atoms with Gasteiger partial charge in [-0.15, -0.1) is 0 Å². The van der Waals surface area contributed by atoms with Crippen LogP contribution >= 0.6 is 0 Å². The molecule has 1 aromatic carbocycles. The molecule has 4 heteroatoms. The molecule has 2 N–H and O–H groups in total. The number of hydrogen-bond donors (Lipinski definition) is 2. The van der Waals surface area contributed by atoms with Crippen molar-refractivity contribution >= 4 is 22.4 Å². The van der Waals surface area contributed by atoms with Crippen LogP contribution in [0.2, 0.25) is 0 Å². The zero-order chi connectivity index (χ0) is 13.2. The Balaban J connectivity index is 2.04. The molecular weight excluding hydrogens is 236 g/mol. The van der Waals surface area contributed by atoms with Crippen LogP contribution in [0.5, 0.6) is 0 Å². The normalized spacial score (nSPS) is 10.3. The fourth-order valence-corrected chi connectivity index (χ4v) is 2.13. The highest BCUT2D eigenvalue weighted by atomic mass is 15.0. The number of rotatable bonds is 2. The molecule has 0 saturated carbocycles. The predicted octanol–water partition coefficient (Wildman–Crippen LogP) is 3.49. The molecule has 0 aliphatic carbocycles. The molecule has 2 aromatic heterocycles. The van der Waals surface area contributed by atoms with Gasteiger partial charge in [-0.25, -0.2) is 4.98 Å². The Morgan fingerprint density at radius 1 is 1.26 bits per heavy atom. The number of H-pyrrole nitrogens is 1. The molecule has 0 aliphatic rings. The monoisotopic (exact) mass is 248 g/mol. The minimum absolute atomic E-state index is 0.608. The largest absolute Gasteiger partial charge is 0.361 e. The molecule has 3 aromatic rings. The third kappa shape index (κ3) is 2.14. The summed E-state index contributed by atoms with van der Waals surface area (Å²) in [6, 6.07) is 13.7. The van der Waals surface area contributed by atoms with Gasteiger partial charge in [-0.2, -0.15) is 5.26 Å². The molecular formula is C15H12N4. The number of nitrogens with one attached hydrogen (secondary N) is 2. The van der Waals surface area contributed by atoms with Gasteiger partial charge in [-0.3, -0.25) is 0 Å². The van der Waals surface area contributed by atoms with Crippen molar-refractivity contribution in [1.82, 2.24) is 9.97 Å². The Morgan fingerprint density at radius 3 is 3.00 bits per heavy atom. The van der Waals surface area contributed by atoms with E-state index in [1.165, 1.54) is 0 Å². The standard InChI is InChI=1S/C15H12N4/c1-10-7-11(9-16)8-15(18-10)19-14-4-2-3-13-12(14)5-6-17-13/h2-8,17H,1H3,(H,18,19). The molecule has 0 unspecified atom stereocenters. The topological polar surface area (TPSA) is 64.5 Å². The molecule has 0 spiro atoms. The molecule has 0 saturated heterocycles. The van der Waals surface area contributed by atoms with Crippen LogP contribution in [0.4, 0.5) is 11.5 Å². The number of nitriles is 1. The van der Waals surface area contributed by atoms with Crippen LogP contribution in [-0.4, -0.2) is 9.97 Å². The van der Waals surface area contributed by atoms with Gasteiger partial charge >= 0.3 is 0 Å². The van der Waals surface area contributed by atoms with E-state index in [0.29, 0.717) is 11.4 Å². The first-order valence-corrected chi connectivity index (χ1v) is 5.98. The summed E-state index contributed by atoms with van der Waals surface area (Å²) in [5, 5.41) is 13.3. The number of benzene rings is 1. The third-order valence-electron chi connectivity index (χ3n) is 2.94. The number of aromatic amines is 1. The first kappa shape index (κ1) is 11.3. The van der Waals surface area contributed by atoms with Crippen molar-refractivity contribution in [2.24, 2.45) is 0 Å².